The molecule has 0 heterocycles. The van der Waals surface area contributed by atoms with Crippen molar-refractivity contribution in [2.45, 2.75) is 11.2 Å². The lowest BCUT2D eigenvalue weighted by Gasteiger charge is -2.08. The second kappa shape index (κ2) is 5.86. The highest BCUT2D eigenvalue weighted by atomic mass is 127. The van der Waals surface area contributed by atoms with E-state index in [1.54, 1.807) is 7.11 Å². The first-order chi connectivity index (χ1) is 6.27. The van der Waals surface area contributed by atoms with Crippen LogP contribution in [-0.4, -0.2) is 11.5 Å². The van der Waals surface area contributed by atoms with Crippen LogP contribution in [0.1, 0.15) is 16.8 Å². The number of methoxy groups -OCH3 is 1. The summed E-state index contributed by atoms with van der Waals surface area (Å²) in [5.74, 6) is 0.915. The lowest BCUT2D eigenvalue weighted by molar-refractivity contribution is 0.414. The standard InChI is InChI=1S/C10H12BrIO/c1-13-9-4-2-8(3-5-9)10(11)6-7-12/h2-5,10H,6-7H2,1H3. The molecule has 3 heteroatoms. The molecule has 0 amide bonds. The molecule has 1 aromatic rings. The summed E-state index contributed by atoms with van der Waals surface area (Å²) in [5.41, 5.74) is 1.32. The van der Waals surface area contributed by atoms with Gasteiger partial charge in [-0.2, -0.15) is 0 Å². The molecular formula is C10H12BrIO. The van der Waals surface area contributed by atoms with Crippen molar-refractivity contribution in [3.8, 4) is 5.75 Å². The third-order valence-electron chi connectivity index (χ3n) is 1.84. The van der Waals surface area contributed by atoms with E-state index in [0.29, 0.717) is 4.83 Å². The zero-order chi connectivity index (χ0) is 9.68. The van der Waals surface area contributed by atoms with E-state index >= 15 is 0 Å². The zero-order valence-electron chi connectivity index (χ0n) is 7.47. The summed E-state index contributed by atoms with van der Waals surface area (Å²) in [7, 11) is 1.69. The molecule has 0 spiro atoms. The second-order valence-corrected chi connectivity index (χ2v) is 4.90. The van der Waals surface area contributed by atoms with E-state index in [1.807, 2.05) is 12.1 Å². The number of halogens is 2. The Bertz CT molecular complexity index is 248. The highest BCUT2D eigenvalue weighted by Crippen LogP contribution is 2.28. The van der Waals surface area contributed by atoms with Gasteiger partial charge in [-0.15, -0.1) is 0 Å². The van der Waals surface area contributed by atoms with Crippen LogP contribution in [0, 0.1) is 0 Å². The van der Waals surface area contributed by atoms with Gasteiger partial charge in [0.05, 0.1) is 7.11 Å². The van der Waals surface area contributed by atoms with Crippen molar-refractivity contribution >= 4 is 38.5 Å². The minimum absolute atomic E-state index is 0.468. The molecule has 0 saturated carbocycles. The Hall–Kier alpha value is 0.230. The molecule has 0 aromatic heterocycles. The maximum atomic E-state index is 5.09. The summed E-state index contributed by atoms with van der Waals surface area (Å²) < 4.78 is 6.26. The number of rotatable bonds is 4. The predicted molar refractivity (Wildman–Crippen MR) is 68.2 cm³/mol. The number of alkyl halides is 2. The van der Waals surface area contributed by atoms with Crippen LogP contribution in [0.2, 0.25) is 0 Å². The van der Waals surface area contributed by atoms with Gasteiger partial charge < -0.3 is 4.74 Å². The third kappa shape index (κ3) is 3.46. The van der Waals surface area contributed by atoms with Gasteiger partial charge in [0.15, 0.2) is 0 Å². The highest BCUT2D eigenvalue weighted by Gasteiger charge is 2.05. The van der Waals surface area contributed by atoms with E-state index in [2.05, 4.69) is 50.7 Å². The molecular weight excluding hydrogens is 343 g/mol. The van der Waals surface area contributed by atoms with E-state index in [4.69, 9.17) is 4.74 Å². The van der Waals surface area contributed by atoms with Crippen molar-refractivity contribution in [2.75, 3.05) is 11.5 Å². The van der Waals surface area contributed by atoms with Crippen molar-refractivity contribution < 1.29 is 4.74 Å². The Morgan fingerprint density at radius 1 is 1.38 bits per heavy atom. The van der Waals surface area contributed by atoms with Crippen molar-refractivity contribution in [1.29, 1.82) is 0 Å². The van der Waals surface area contributed by atoms with Gasteiger partial charge in [-0.25, -0.2) is 0 Å². The summed E-state index contributed by atoms with van der Waals surface area (Å²) in [6.45, 7) is 0. The van der Waals surface area contributed by atoms with Gasteiger partial charge >= 0.3 is 0 Å². The first-order valence-corrected chi connectivity index (χ1v) is 6.56. The molecule has 0 aliphatic heterocycles. The molecule has 0 saturated heterocycles. The average molecular weight is 355 g/mol. The molecule has 13 heavy (non-hydrogen) atoms. The number of ether oxygens (including phenoxy) is 1. The number of hydrogen-bond acceptors (Lipinski definition) is 1. The number of benzene rings is 1. The smallest absolute Gasteiger partial charge is 0.118 e. The molecule has 0 N–H and O–H groups in total. The van der Waals surface area contributed by atoms with Gasteiger partial charge in [0, 0.05) is 9.25 Å². The summed E-state index contributed by atoms with van der Waals surface area (Å²) in [4.78, 5) is 0.468. The molecule has 1 aromatic carbocycles. The summed E-state index contributed by atoms with van der Waals surface area (Å²) >= 11 is 6.04. The topological polar surface area (TPSA) is 9.23 Å². The monoisotopic (exact) mass is 354 g/mol. The predicted octanol–water partition coefficient (Wildman–Crippen LogP) is 3.96. The van der Waals surface area contributed by atoms with Crippen molar-refractivity contribution in [1.82, 2.24) is 0 Å². The van der Waals surface area contributed by atoms with E-state index < -0.39 is 0 Å². The normalized spacial score (nSPS) is 12.5. The van der Waals surface area contributed by atoms with Crippen LogP contribution in [0.4, 0.5) is 0 Å². The quantitative estimate of drug-likeness (QED) is 0.587. The molecule has 0 fully saturated rings. The maximum Gasteiger partial charge on any atom is 0.118 e. The fraction of sp³-hybridized carbons (Fsp3) is 0.400. The summed E-state index contributed by atoms with van der Waals surface area (Å²) in [5, 5.41) is 0. The van der Waals surface area contributed by atoms with Crippen LogP contribution in [0.5, 0.6) is 5.75 Å². The lowest BCUT2D eigenvalue weighted by Crippen LogP contribution is -1.90. The van der Waals surface area contributed by atoms with Crippen LogP contribution in [0.15, 0.2) is 24.3 Å². The lowest BCUT2D eigenvalue weighted by atomic mass is 10.1. The number of hydrogen-bond donors (Lipinski definition) is 0. The van der Waals surface area contributed by atoms with Crippen molar-refractivity contribution in [3.63, 3.8) is 0 Å². The Morgan fingerprint density at radius 2 is 2.00 bits per heavy atom. The van der Waals surface area contributed by atoms with Crippen LogP contribution in [-0.2, 0) is 0 Å². The second-order valence-electron chi connectivity index (χ2n) is 2.72. The van der Waals surface area contributed by atoms with Crippen LogP contribution >= 0.6 is 38.5 Å². The molecule has 0 aliphatic rings. The molecule has 1 unspecified atom stereocenters. The largest absolute Gasteiger partial charge is 0.497 e. The Kier molecular flexibility index (Phi) is 5.09. The van der Waals surface area contributed by atoms with Crippen LogP contribution < -0.4 is 4.74 Å². The first kappa shape index (κ1) is 11.3. The molecule has 0 aliphatic carbocycles. The molecule has 0 bridgehead atoms. The first-order valence-electron chi connectivity index (χ1n) is 4.12. The van der Waals surface area contributed by atoms with E-state index in [0.717, 1.165) is 12.2 Å². The molecule has 72 valence electrons. The molecule has 1 atom stereocenters. The SMILES string of the molecule is COc1ccc(C(Br)CCI)cc1. The molecule has 1 rings (SSSR count). The van der Waals surface area contributed by atoms with Gasteiger partial charge in [-0.3, -0.25) is 0 Å². The van der Waals surface area contributed by atoms with Gasteiger partial charge in [0.2, 0.25) is 0 Å². The molecule has 1 nitrogen and oxygen atoms in total. The molecule has 0 radical (unpaired) electrons. The Balaban J connectivity index is 2.67. The third-order valence-corrected chi connectivity index (χ3v) is 3.45. The van der Waals surface area contributed by atoms with Crippen molar-refractivity contribution in [3.05, 3.63) is 29.8 Å². The maximum absolute atomic E-state index is 5.09. The van der Waals surface area contributed by atoms with Gasteiger partial charge in [-0.1, -0.05) is 50.7 Å². The van der Waals surface area contributed by atoms with Gasteiger partial charge in [-0.05, 0) is 24.1 Å². The van der Waals surface area contributed by atoms with Crippen LogP contribution in [0.3, 0.4) is 0 Å². The summed E-state index contributed by atoms with van der Waals surface area (Å²) in [6, 6.07) is 8.20. The van der Waals surface area contributed by atoms with E-state index in [9.17, 15) is 0 Å². The zero-order valence-corrected chi connectivity index (χ0v) is 11.2. The van der Waals surface area contributed by atoms with Gasteiger partial charge in [0.25, 0.3) is 0 Å². The van der Waals surface area contributed by atoms with E-state index in [1.165, 1.54) is 9.99 Å². The van der Waals surface area contributed by atoms with Crippen LogP contribution in [0.25, 0.3) is 0 Å². The Labute approximate surface area is 101 Å². The fourth-order valence-electron chi connectivity index (χ4n) is 1.08. The summed E-state index contributed by atoms with van der Waals surface area (Å²) in [6.07, 6.45) is 1.16. The van der Waals surface area contributed by atoms with Crippen molar-refractivity contribution in [2.24, 2.45) is 0 Å². The Morgan fingerprint density at radius 3 is 2.46 bits per heavy atom. The minimum Gasteiger partial charge on any atom is -0.497 e. The van der Waals surface area contributed by atoms with E-state index in [-0.39, 0.29) is 0 Å². The van der Waals surface area contributed by atoms with Gasteiger partial charge in [0.1, 0.15) is 5.75 Å². The fourth-order valence-corrected chi connectivity index (χ4v) is 3.09. The average Bonchev–Trinajstić information content (AvgIpc) is 2.18. The highest BCUT2D eigenvalue weighted by molar-refractivity contribution is 14.1. The minimum atomic E-state index is 0.468.